The van der Waals surface area contributed by atoms with Gasteiger partial charge in [-0.05, 0) is 63.3 Å². The molecule has 178 valence electrons. The average molecular weight is 458 g/mol. The Hall–Kier alpha value is -3.19. The number of nitrogens with one attached hydrogen (secondary N) is 3. The maximum Gasteiger partial charge on any atom is 0.224 e. The summed E-state index contributed by atoms with van der Waals surface area (Å²) in [5.74, 6) is 1.44. The Morgan fingerprint density at radius 3 is 2.71 bits per heavy atom. The van der Waals surface area contributed by atoms with Crippen molar-refractivity contribution < 1.29 is 0 Å². The molecule has 2 aliphatic carbocycles. The summed E-state index contributed by atoms with van der Waals surface area (Å²) in [6, 6.07) is 5.43. The van der Waals surface area contributed by atoms with Gasteiger partial charge in [0, 0.05) is 47.2 Å². The van der Waals surface area contributed by atoms with E-state index < -0.39 is 0 Å². The third-order valence-corrected chi connectivity index (χ3v) is 7.21. The summed E-state index contributed by atoms with van der Waals surface area (Å²) >= 11 is 0. The lowest BCUT2D eigenvalue weighted by Gasteiger charge is -2.20. The van der Waals surface area contributed by atoms with Crippen molar-refractivity contribution in [3.8, 4) is 11.1 Å². The van der Waals surface area contributed by atoms with Gasteiger partial charge in [-0.25, -0.2) is 9.50 Å². The smallest absolute Gasteiger partial charge is 0.224 e. The van der Waals surface area contributed by atoms with Gasteiger partial charge in [-0.1, -0.05) is 31.9 Å². The fourth-order valence-electron chi connectivity index (χ4n) is 4.85. The predicted molar refractivity (Wildman–Crippen MR) is 140 cm³/mol. The fourth-order valence-corrected chi connectivity index (χ4v) is 4.85. The predicted octanol–water partition coefficient (Wildman–Crippen LogP) is 5.66. The molecule has 0 radical (unpaired) electrons. The van der Waals surface area contributed by atoms with Gasteiger partial charge >= 0.3 is 0 Å². The highest BCUT2D eigenvalue weighted by atomic mass is 15.2. The monoisotopic (exact) mass is 457 g/mol. The lowest BCUT2D eigenvalue weighted by Crippen LogP contribution is -2.26. The molecule has 7 heteroatoms. The van der Waals surface area contributed by atoms with E-state index in [0.29, 0.717) is 12.0 Å². The Balaban J connectivity index is 0.000000257. The summed E-state index contributed by atoms with van der Waals surface area (Å²) in [6.45, 7) is 6.06. The summed E-state index contributed by atoms with van der Waals surface area (Å²) in [4.78, 5) is 12.5. The van der Waals surface area contributed by atoms with E-state index in [1.165, 1.54) is 44.9 Å². The van der Waals surface area contributed by atoms with Crippen LogP contribution in [-0.4, -0.2) is 43.7 Å². The van der Waals surface area contributed by atoms with Gasteiger partial charge in [0.1, 0.15) is 5.65 Å². The second kappa shape index (κ2) is 9.97. The number of nitrogens with zero attached hydrogens (tertiary/aromatic N) is 4. The van der Waals surface area contributed by atoms with Crippen molar-refractivity contribution in [2.45, 2.75) is 64.0 Å². The maximum atomic E-state index is 4.65. The normalized spacial score (nSPS) is 17.4. The summed E-state index contributed by atoms with van der Waals surface area (Å²) in [5, 5.41) is 12.1. The number of aromatic amines is 1. The summed E-state index contributed by atoms with van der Waals surface area (Å²) in [5.41, 5.74) is 5.08. The molecule has 7 nitrogen and oxygen atoms in total. The number of anilines is 1. The lowest BCUT2D eigenvalue weighted by atomic mass is 9.96. The van der Waals surface area contributed by atoms with E-state index in [1.54, 1.807) is 0 Å². The van der Waals surface area contributed by atoms with Crippen LogP contribution in [0, 0.1) is 5.92 Å². The molecule has 0 aromatic carbocycles. The van der Waals surface area contributed by atoms with Crippen LogP contribution >= 0.6 is 0 Å². The number of rotatable bonds is 6. The summed E-state index contributed by atoms with van der Waals surface area (Å²) < 4.78 is 1.85. The highest BCUT2D eigenvalue weighted by Gasteiger charge is 2.28. The molecule has 4 aromatic heterocycles. The van der Waals surface area contributed by atoms with E-state index in [1.807, 2.05) is 35.4 Å². The molecule has 0 spiro atoms. The first-order valence-corrected chi connectivity index (χ1v) is 12.5. The molecular weight excluding hydrogens is 422 g/mol. The first kappa shape index (κ1) is 22.6. The molecule has 6 rings (SSSR count). The van der Waals surface area contributed by atoms with E-state index in [2.05, 4.69) is 63.4 Å². The Bertz CT molecular complexity index is 1260. The lowest BCUT2D eigenvalue weighted by molar-refractivity contribution is 0.394. The van der Waals surface area contributed by atoms with E-state index in [-0.39, 0.29) is 0 Å². The highest BCUT2D eigenvalue weighted by Crippen LogP contribution is 2.34. The van der Waals surface area contributed by atoms with Crippen LogP contribution in [0.2, 0.25) is 0 Å². The molecule has 0 unspecified atom stereocenters. The van der Waals surface area contributed by atoms with E-state index in [9.17, 15) is 0 Å². The first-order chi connectivity index (χ1) is 16.7. The van der Waals surface area contributed by atoms with Crippen molar-refractivity contribution in [2.24, 2.45) is 5.92 Å². The topological polar surface area (TPSA) is 82.9 Å². The van der Waals surface area contributed by atoms with Crippen molar-refractivity contribution in [1.29, 1.82) is 0 Å². The van der Waals surface area contributed by atoms with Crippen molar-refractivity contribution in [2.75, 3.05) is 12.4 Å². The van der Waals surface area contributed by atoms with Crippen LogP contribution in [0.1, 0.15) is 57.4 Å². The van der Waals surface area contributed by atoms with E-state index >= 15 is 0 Å². The summed E-state index contributed by atoms with van der Waals surface area (Å²) in [7, 11) is 2.07. The van der Waals surface area contributed by atoms with Gasteiger partial charge in [0.15, 0.2) is 0 Å². The number of pyridine rings is 1. The molecule has 2 saturated carbocycles. The van der Waals surface area contributed by atoms with Crippen molar-refractivity contribution in [3.63, 3.8) is 0 Å². The zero-order valence-corrected chi connectivity index (χ0v) is 20.2. The Morgan fingerprint density at radius 1 is 1.18 bits per heavy atom. The number of hydrogen-bond acceptors (Lipinski definition) is 5. The largest absolute Gasteiger partial charge is 0.351 e. The zero-order valence-electron chi connectivity index (χ0n) is 20.2. The molecule has 1 atom stereocenters. The molecule has 34 heavy (non-hydrogen) atoms. The highest BCUT2D eigenvalue weighted by molar-refractivity contribution is 5.94. The molecule has 4 heterocycles. The Morgan fingerprint density at radius 2 is 2.00 bits per heavy atom. The van der Waals surface area contributed by atoms with E-state index in [0.717, 1.165) is 45.2 Å². The molecule has 4 aromatic rings. The Kier molecular flexibility index (Phi) is 6.63. The minimum atomic E-state index is 0.420. The standard InChI is InChI=1S/C20H20N6.C7H15N/c1-3-13-9-23-26-7-6-15(8-18(13)26)16-10-21-19-17(16)11-22-20(25-19)24-12(2)14-4-5-14;1-8-7-5-3-2-4-6-7/h3,6-12,14H,1,4-5H2,2H3,(H2,21,22,24,25);7-8H,2-6H2,1H3/t12-;/m1./s1. The molecule has 2 aliphatic rings. The van der Waals surface area contributed by atoms with Gasteiger partial charge in [-0.15, -0.1) is 0 Å². The third-order valence-electron chi connectivity index (χ3n) is 7.21. The SMILES string of the molecule is C=Cc1cnn2ccc(-c3c[nH]c4nc(N[C@H](C)C5CC5)ncc34)cc12.CNC1CCCCC1. The van der Waals surface area contributed by atoms with Crippen LogP contribution in [0.3, 0.4) is 0 Å². The number of aromatic nitrogens is 5. The Labute approximate surface area is 201 Å². The van der Waals surface area contributed by atoms with Gasteiger partial charge in [0.25, 0.3) is 0 Å². The van der Waals surface area contributed by atoms with Crippen LogP contribution in [0.25, 0.3) is 33.8 Å². The molecule has 0 aliphatic heterocycles. The third kappa shape index (κ3) is 4.85. The number of fused-ring (bicyclic) bond motifs is 2. The molecule has 0 saturated heterocycles. The van der Waals surface area contributed by atoms with Gasteiger partial charge in [-0.3, -0.25) is 0 Å². The fraction of sp³-hybridized carbons (Fsp3) is 0.444. The van der Waals surface area contributed by atoms with Crippen molar-refractivity contribution in [1.82, 2.24) is 29.9 Å². The maximum absolute atomic E-state index is 4.65. The van der Waals surface area contributed by atoms with Crippen LogP contribution in [0.15, 0.2) is 43.5 Å². The van der Waals surface area contributed by atoms with Crippen molar-refractivity contribution in [3.05, 3.63) is 49.1 Å². The summed E-state index contributed by atoms with van der Waals surface area (Å²) in [6.07, 6.45) is 19.2. The second-order valence-corrected chi connectivity index (χ2v) is 9.60. The van der Waals surface area contributed by atoms with Crippen LogP contribution < -0.4 is 10.6 Å². The van der Waals surface area contributed by atoms with Gasteiger partial charge in [-0.2, -0.15) is 10.1 Å². The molecule has 2 fully saturated rings. The minimum absolute atomic E-state index is 0.420. The zero-order chi connectivity index (χ0) is 23.5. The van der Waals surface area contributed by atoms with Crippen LogP contribution in [-0.2, 0) is 0 Å². The second-order valence-electron chi connectivity index (χ2n) is 9.60. The molecule has 0 bridgehead atoms. The average Bonchev–Trinajstić information content (AvgIpc) is 3.53. The van der Waals surface area contributed by atoms with Crippen LogP contribution in [0.4, 0.5) is 5.95 Å². The van der Waals surface area contributed by atoms with Gasteiger partial charge in [0.2, 0.25) is 5.95 Å². The molecular formula is C27H35N7. The van der Waals surface area contributed by atoms with Gasteiger partial charge in [0.05, 0.1) is 11.7 Å². The molecule has 0 amide bonds. The van der Waals surface area contributed by atoms with E-state index in [4.69, 9.17) is 0 Å². The van der Waals surface area contributed by atoms with Crippen molar-refractivity contribution >= 4 is 28.6 Å². The van der Waals surface area contributed by atoms with Crippen LogP contribution in [0.5, 0.6) is 0 Å². The quantitative estimate of drug-likeness (QED) is 0.348. The number of hydrogen-bond donors (Lipinski definition) is 3. The minimum Gasteiger partial charge on any atom is -0.351 e. The number of H-pyrrole nitrogens is 1. The molecule has 3 N–H and O–H groups in total. The van der Waals surface area contributed by atoms with Gasteiger partial charge < -0.3 is 15.6 Å². The first-order valence-electron chi connectivity index (χ1n) is 12.5.